The predicted molar refractivity (Wildman–Crippen MR) is 97.7 cm³/mol. The maximum atomic E-state index is 13.3. The van der Waals surface area contributed by atoms with Gasteiger partial charge in [-0.05, 0) is 29.8 Å². The fourth-order valence-electron chi connectivity index (χ4n) is 2.43. The van der Waals surface area contributed by atoms with Gasteiger partial charge in [0.15, 0.2) is 11.6 Å². The molecule has 3 aromatic rings. The number of amides is 1. The Balaban J connectivity index is 1.61. The number of methoxy groups -OCH3 is 1. The molecule has 7 heteroatoms. The Kier molecular flexibility index (Phi) is 5.48. The van der Waals surface area contributed by atoms with Crippen LogP contribution in [-0.2, 0) is 17.8 Å². The number of nitrogens with one attached hydrogen (secondary N) is 1. The molecule has 0 aliphatic carbocycles. The zero-order valence-electron chi connectivity index (χ0n) is 14.0. The van der Waals surface area contributed by atoms with Gasteiger partial charge in [-0.3, -0.25) is 4.79 Å². The van der Waals surface area contributed by atoms with Crippen LogP contribution < -0.4 is 10.1 Å². The molecular weight excluding hydrogens is 355 g/mol. The summed E-state index contributed by atoms with van der Waals surface area (Å²) in [6, 6.07) is 11.5. The molecule has 0 radical (unpaired) electrons. The summed E-state index contributed by atoms with van der Waals surface area (Å²) < 4.78 is 18.6. The first kappa shape index (κ1) is 17.9. The van der Waals surface area contributed by atoms with Crippen molar-refractivity contribution in [2.75, 3.05) is 7.11 Å². The summed E-state index contributed by atoms with van der Waals surface area (Å²) in [6.45, 7) is 0.339. The highest BCUT2D eigenvalue weighted by atomic mass is 32.1. The largest absolute Gasteiger partial charge is 0.505 e. The number of ether oxygens (including phenoxy) is 1. The lowest BCUT2D eigenvalue weighted by Gasteiger charge is -2.05. The van der Waals surface area contributed by atoms with Crippen LogP contribution in [0, 0.1) is 5.82 Å². The van der Waals surface area contributed by atoms with Crippen molar-refractivity contribution in [3.63, 3.8) is 0 Å². The van der Waals surface area contributed by atoms with Gasteiger partial charge in [0.05, 0.1) is 25.6 Å². The third kappa shape index (κ3) is 4.18. The molecule has 5 nitrogen and oxygen atoms in total. The van der Waals surface area contributed by atoms with Gasteiger partial charge in [-0.1, -0.05) is 18.2 Å². The molecule has 0 bridgehead atoms. The number of phenols is 1. The highest BCUT2D eigenvalue weighted by Crippen LogP contribution is 2.32. The third-order valence-corrected chi connectivity index (χ3v) is 4.76. The van der Waals surface area contributed by atoms with E-state index in [1.54, 1.807) is 13.3 Å². The van der Waals surface area contributed by atoms with Gasteiger partial charge in [0.1, 0.15) is 10.8 Å². The Labute approximate surface area is 154 Å². The minimum Gasteiger partial charge on any atom is -0.505 e. The average Bonchev–Trinajstić information content (AvgIpc) is 3.12. The zero-order valence-corrected chi connectivity index (χ0v) is 14.8. The van der Waals surface area contributed by atoms with Gasteiger partial charge >= 0.3 is 0 Å². The monoisotopic (exact) mass is 372 g/mol. The molecule has 2 N–H and O–H groups in total. The summed E-state index contributed by atoms with van der Waals surface area (Å²) in [5.74, 6) is -0.656. The Morgan fingerprint density at radius 2 is 2.12 bits per heavy atom. The van der Waals surface area contributed by atoms with Crippen LogP contribution in [0.1, 0.15) is 10.4 Å². The van der Waals surface area contributed by atoms with Crippen molar-refractivity contribution in [2.45, 2.75) is 13.0 Å². The van der Waals surface area contributed by atoms with Crippen molar-refractivity contribution in [3.05, 3.63) is 64.9 Å². The topological polar surface area (TPSA) is 71.5 Å². The third-order valence-electron chi connectivity index (χ3n) is 3.73. The molecule has 1 heterocycles. The van der Waals surface area contributed by atoms with E-state index in [0.29, 0.717) is 12.1 Å². The number of halogens is 1. The standard InChI is InChI=1S/C19H17FN2O3S/c1-25-17-5-3-2-4-14(17)19-22-11-13(26-19)10-21-18(24)9-12-6-7-16(23)15(20)8-12/h2-8,11,23H,9-10H2,1H3,(H,21,24). The molecule has 2 aromatic carbocycles. The fraction of sp³-hybridized carbons (Fsp3) is 0.158. The number of carbonyl (C=O) groups excluding carboxylic acids is 1. The molecule has 1 aromatic heterocycles. The molecule has 0 saturated carbocycles. The van der Waals surface area contributed by atoms with Gasteiger partial charge in [-0.2, -0.15) is 0 Å². The zero-order chi connectivity index (χ0) is 18.5. The number of para-hydroxylation sites is 1. The van der Waals surface area contributed by atoms with Crippen molar-refractivity contribution in [1.29, 1.82) is 0 Å². The maximum absolute atomic E-state index is 13.3. The molecule has 0 fully saturated rings. The minimum absolute atomic E-state index is 0.0371. The van der Waals surface area contributed by atoms with E-state index in [0.717, 1.165) is 27.3 Å². The Morgan fingerprint density at radius 3 is 2.88 bits per heavy atom. The number of aromatic hydroxyl groups is 1. The van der Waals surface area contributed by atoms with E-state index >= 15 is 0 Å². The summed E-state index contributed by atoms with van der Waals surface area (Å²) in [4.78, 5) is 17.3. The Morgan fingerprint density at radius 1 is 1.31 bits per heavy atom. The van der Waals surface area contributed by atoms with Crippen LogP contribution >= 0.6 is 11.3 Å². The lowest BCUT2D eigenvalue weighted by Crippen LogP contribution is -2.24. The van der Waals surface area contributed by atoms with Crippen molar-refractivity contribution >= 4 is 17.2 Å². The molecule has 0 aliphatic rings. The van der Waals surface area contributed by atoms with E-state index in [-0.39, 0.29) is 12.3 Å². The fourth-order valence-corrected chi connectivity index (χ4v) is 3.31. The SMILES string of the molecule is COc1ccccc1-c1ncc(CNC(=O)Cc2ccc(O)c(F)c2)s1. The molecule has 0 aliphatic heterocycles. The summed E-state index contributed by atoms with van der Waals surface area (Å²) in [5.41, 5.74) is 1.40. The number of phenolic OH excluding ortho intramolecular Hbond substituents is 1. The van der Waals surface area contributed by atoms with Crippen molar-refractivity contribution in [3.8, 4) is 22.1 Å². The van der Waals surface area contributed by atoms with Gasteiger partial charge in [0.25, 0.3) is 0 Å². The first-order valence-corrected chi connectivity index (χ1v) is 8.70. The Hall–Kier alpha value is -2.93. The van der Waals surface area contributed by atoms with Gasteiger partial charge in [0, 0.05) is 11.1 Å². The summed E-state index contributed by atoms with van der Waals surface area (Å²) in [7, 11) is 1.61. The van der Waals surface area contributed by atoms with Crippen molar-refractivity contribution in [2.24, 2.45) is 0 Å². The smallest absolute Gasteiger partial charge is 0.224 e. The second-order valence-electron chi connectivity index (χ2n) is 5.57. The second kappa shape index (κ2) is 7.97. The van der Waals surface area contributed by atoms with E-state index in [2.05, 4.69) is 10.3 Å². The van der Waals surface area contributed by atoms with Crippen LogP contribution in [0.15, 0.2) is 48.7 Å². The lowest BCUT2D eigenvalue weighted by molar-refractivity contribution is -0.120. The van der Waals surface area contributed by atoms with E-state index in [1.807, 2.05) is 24.3 Å². The molecule has 0 spiro atoms. The first-order valence-electron chi connectivity index (χ1n) is 7.89. The molecule has 3 rings (SSSR count). The summed E-state index contributed by atoms with van der Waals surface area (Å²) in [6.07, 6.45) is 1.75. The number of thiazole rings is 1. The normalized spacial score (nSPS) is 10.5. The van der Waals surface area contributed by atoms with Crippen LogP contribution in [0.2, 0.25) is 0 Å². The van der Waals surface area contributed by atoms with Gasteiger partial charge < -0.3 is 15.2 Å². The predicted octanol–water partition coefficient (Wildman–Crippen LogP) is 3.52. The van der Waals surface area contributed by atoms with Crippen LogP contribution in [0.25, 0.3) is 10.6 Å². The number of hydrogen-bond acceptors (Lipinski definition) is 5. The lowest BCUT2D eigenvalue weighted by atomic mass is 10.1. The second-order valence-corrected chi connectivity index (χ2v) is 6.69. The maximum Gasteiger partial charge on any atom is 0.224 e. The van der Waals surface area contributed by atoms with Crippen molar-refractivity contribution in [1.82, 2.24) is 10.3 Å². The summed E-state index contributed by atoms with van der Waals surface area (Å²) in [5, 5.41) is 12.8. The molecule has 0 atom stereocenters. The number of nitrogens with zero attached hydrogens (tertiary/aromatic N) is 1. The minimum atomic E-state index is -0.737. The number of benzene rings is 2. The van der Waals surface area contributed by atoms with Crippen LogP contribution in [0.3, 0.4) is 0 Å². The van der Waals surface area contributed by atoms with Crippen LogP contribution in [0.4, 0.5) is 4.39 Å². The van der Waals surface area contributed by atoms with E-state index in [1.165, 1.54) is 23.5 Å². The van der Waals surface area contributed by atoms with Gasteiger partial charge in [-0.15, -0.1) is 11.3 Å². The molecular formula is C19H17FN2O3S. The van der Waals surface area contributed by atoms with Crippen molar-refractivity contribution < 1.29 is 19.0 Å². The average molecular weight is 372 g/mol. The van der Waals surface area contributed by atoms with E-state index in [4.69, 9.17) is 4.74 Å². The molecule has 26 heavy (non-hydrogen) atoms. The quantitative estimate of drug-likeness (QED) is 0.694. The number of aromatic nitrogens is 1. The van der Waals surface area contributed by atoms with Crippen LogP contribution in [0.5, 0.6) is 11.5 Å². The molecule has 0 unspecified atom stereocenters. The van der Waals surface area contributed by atoms with Crippen LogP contribution in [-0.4, -0.2) is 23.1 Å². The number of rotatable bonds is 6. The highest BCUT2D eigenvalue weighted by molar-refractivity contribution is 7.15. The van der Waals surface area contributed by atoms with E-state index in [9.17, 15) is 14.3 Å². The first-order chi connectivity index (χ1) is 12.6. The molecule has 1 amide bonds. The summed E-state index contributed by atoms with van der Waals surface area (Å²) >= 11 is 1.47. The van der Waals surface area contributed by atoms with Gasteiger partial charge in [-0.25, -0.2) is 9.37 Å². The number of carbonyl (C=O) groups is 1. The van der Waals surface area contributed by atoms with Gasteiger partial charge in [0.2, 0.25) is 5.91 Å². The van der Waals surface area contributed by atoms with E-state index < -0.39 is 11.6 Å². The highest BCUT2D eigenvalue weighted by Gasteiger charge is 2.11. The number of hydrogen-bond donors (Lipinski definition) is 2. The molecule has 134 valence electrons. The Bertz CT molecular complexity index is 927. The molecule has 0 saturated heterocycles.